The Bertz CT molecular complexity index is 1250. The van der Waals surface area contributed by atoms with E-state index < -0.39 is 11.6 Å². The third-order valence-electron chi connectivity index (χ3n) is 5.62. The van der Waals surface area contributed by atoms with E-state index in [0.29, 0.717) is 17.1 Å². The van der Waals surface area contributed by atoms with Gasteiger partial charge in [-0.15, -0.1) is 0 Å². The summed E-state index contributed by atoms with van der Waals surface area (Å²) in [6, 6.07) is 11.0. The first kappa shape index (κ1) is 20.4. The fraction of sp³-hybridized carbons (Fsp3) is 0.250. The van der Waals surface area contributed by atoms with Gasteiger partial charge in [0.15, 0.2) is 0 Å². The number of nitrogens with zero attached hydrogens (tertiary/aromatic N) is 2. The van der Waals surface area contributed by atoms with Crippen LogP contribution in [0, 0.1) is 11.6 Å². The minimum Gasteiger partial charge on any atom is -0.481 e. The molecule has 2 N–H and O–H groups in total. The smallest absolute Gasteiger partial charge is 0.320 e. The van der Waals surface area contributed by atoms with E-state index in [1.807, 2.05) is 0 Å². The number of fused-ring (bicyclic) bond motifs is 1. The standard InChI is InChI=1S/C24H22F2N4O2/c1-31-22-11-21(29-24(30-22)32-15-4-3-9-27-12-15)17-13-28-20-8-7-14(10-16(17)20)23-18(25)5-2-6-19(23)26/h2,5-8,10-11,13,15,27-28H,3-4,9,12H2,1H3. The van der Waals surface area contributed by atoms with Crippen LogP contribution in [0.4, 0.5) is 8.78 Å². The van der Waals surface area contributed by atoms with E-state index in [2.05, 4.69) is 20.3 Å². The Balaban J connectivity index is 1.57. The number of halogens is 2. The summed E-state index contributed by atoms with van der Waals surface area (Å²) in [4.78, 5) is 12.1. The Labute approximate surface area is 183 Å². The summed E-state index contributed by atoms with van der Waals surface area (Å²) >= 11 is 0. The number of piperidine rings is 1. The molecule has 0 bridgehead atoms. The topological polar surface area (TPSA) is 72.1 Å². The number of methoxy groups -OCH3 is 1. The van der Waals surface area contributed by atoms with E-state index in [9.17, 15) is 8.78 Å². The van der Waals surface area contributed by atoms with Gasteiger partial charge in [0.25, 0.3) is 0 Å². The number of hydrogen-bond donors (Lipinski definition) is 2. The molecule has 1 atom stereocenters. The molecule has 2 aromatic carbocycles. The average molecular weight is 436 g/mol. The molecule has 32 heavy (non-hydrogen) atoms. The van der Waals surface area contributed by atoms with Crippen molar-refractivity contribution in [2.45, 2.75) is 18.9 Å². The van der Waals surface area contributed by atoms with Crippen molar-refractivity contribution in [1.82, 2.24) is 20.3 Å². The highest BCUT2D eigenvalue weighted by Crippen LogP contribution is 2.34. The van der Waals surface area contributed by atoms with Crippen LogP contribution < -0.4 is 14.8 Å². The molecule has 0 amide bonds. The number of aromatic nitrogens is 3. The lowest BCUT2D eigenvalue weighted by Gasteiger charge is -2.23. The molecule has 6 nitrogen and oxygen atoms in total. The first-order valence-corrected chi connectivity index (χ1v) is 10.5. The lowest BCUT2D eigenvalue weighted by Crippen LogP contribution is -2.37. The summed E-state index contributed by atoms with van der Waals surface area (Å²) in [6.45, 7) is 1.71. The van der Waals surface area contributed by atoms with E-state index >= 15 is 0 Å². The van der Waals surface area contributed by atoms with Gasteiger partial charge in [0.1, 0.15) is 17.7 Å². The number of nitrogens with one attached hydrogen (secondary N) is 2. The molecule has 2 aromatic heterocycles. The number of aromatic amines is 1. The Morgan fingerprint density at radius 2 is 1.91 bits per heavy atom. The minimum atomic E-state index is -0.609. The van der Waals surface area contributed by atoms with Gasteiger partial charge in [0.05, 0.1) is 18.4 Å². The van der Waals surface area contributed by atoms with Gasteiger partial charge >= 0.3 is 6.01 Å². The molecule has 0 aliphatic carbocycles. The minimum absolute atomic E-state index is 0.0118. The molecule has 1 aliphatic heterocycles. The lowest BCUT2D eigenvalue weighted by molar-refractivity contribution is 0.152. The van der Waals surface area contributed by atoms with Crippen LogP contribution in [-0.4, -0.2) is 41.3 Å². The third-order valence-corrected chi connectivity index (χ3v) is 5.62. The normalized spacial score (nSPS) is 16.3. The summed E-state index contributed by atoms with van der Waals surface area (Å²) in [6.07, 6.45) is 3.74. The van der Waals surface area contributed by atoms with Crippen molar-refractivity contribution < 1.29 is 18.3 Å². The van der Waals surface area contributed by atoms with Gasteiger partial charge in [-0.05, 0) is 49.2 Å². The SMILES string of the molecule is COc1cc(-c2c[nH]c3ccc(-c4c(F)cccc4F)cc23)nc(OC2CCCNC2)n1. The largest absolute Gasteiger partial charge is 0.481 e. The molecular weight excluding hydrogens is 414 g/mol. The van der Waals surface area contributed by atoms with Gasteiger partial charge < -0.3 is 19.8 Å². The van der Waals surface area contributed by atoms with Crippen molar-refractivity contribution in [2.75, 3.05) is 20.2 Å². The van der Waals surface area contributed by atoms with Crippen LogP contribution in [0.25, 0.3) is 33.3 Å². The molecule has 1 unspecified atom stereocenters. The van der Waals surface area contributed by atoms with Gasteiger partial charge in [-0.3, -0.25) is 0 Å². The van der Waals surface area contributed by atoms with E-state index in [1.165, 1.54) is 25.3 Å². The summed E-state index contributed by atoms with van der Waals surface area (Å²) in [5, 5.41) is 4.08. The Morgan fingerprint density at radius 3 is 2.66 bits per heavy atom. The zero-order valence-corrected chi connectivity index (χ0v) is 17.5. The van der Waals surface area contributed by atoms with Gasteiger partial charge in [-0.2, -0.15) is 9.97 Å². The molecule has 1 fully saturated rings. The number of H-pyrrole nitrogens is 1. The summed E-state index contributed by atoms with van der Waals surface area (Å²) in [7, 11) is 1.53. The molecule has 0 radical (unpaired) electrons. The number of hydrogen-bond acceptors (Lipinski definition) is 5. The summed E-state index contributed by atoms with van der Waals surface area (Å²) in [5.41, 5.74) is 2.55. The maximum Gasteiger partial charge on any atom is 0.320 e. The van der Waals surface area contributed by atoms with E-state index in [1.54, 1.807) is 30.5 Å². The van der Waals surface area contributed by atoms with Gasteiger partial charge in [-0.25, -0.2) is 8.78 Å². The van der Waals surface area contributed by atoms with Gasteiger partial charge in [-0.1, -0.05) is 12.1 Å². The molecule has 1 aliphatic rings. The molecule has 5 rings (SSSR count). The second-order valence-electron chi connectivity index (χ2n) is 7.72. The van der Waals surface area contributed by atoms with Crippen LogP contribution in [0.15, 0.2) is 48.7 Å². The second kappa shape index (κ2) is 8.55. The third kappa shape index (κ3) is 3.89. The predicted molar refractivity (Wildman–Crippen MR) is 118 cm³/mol. The zero-order valence-electron chi connectivity index (χ0n) is 17.5. The first-order chi connectivity index (χ1) is 15.6. The van der Waals surface area contributed by atoms with Crippen molar-refractivity contribution in [3.05, 3.63) is 60.3 Å². The molecule has 4 aromatic rings. The van der Waals surface area contributed by atoms with Crippen molar-refractivity contribution >= 4 is 10.9 Å². The fourth-order valence-electron chi connectivity index (χ4n) is 4.03. The van der Waals surface area contributed by atoms with Crippen LogP contribution in [0.5, 0.6) is 11.9 Å². The zero-order chi connectivity index (χ0) is 22.1. The van der Waals surface area contributed by atoms with E-state index in [0.717, 1.165) is 42.4 Å². The van der Waals surface area contributed by atoms with Gasteiger partial charge in [0.2, 0.25) is 5.88 Å². The Hall–Kier alpha value is -3.52. The lowest BCUT2D eigenvalue weighted by atomic mass is 10.0. The summed E-state index contributed by atoms with van der Waals surface area (Å²) < 4.78 is 40.1. The second-order valence-corrected chi connectivity index (χ2v) is 7.72. The van der Waals surface area contributed by atoms with Crippen molar-refractivity contribution in [3.8, 4) is 34.3 Å². The Kier molecular flexibility index (Phi) is 5.45. The molecule has 0 saturated carbocycles. The highest BCUT2D eigenvalue weighted by Gasteiger charge is 2.19. The highest BCUT2D eigenvalue weighted by atomic mass is 19.1. The van der Waals surface area contributed by atoms with Crippen molar-refractivity contribution in [2.24, 2.45) is 0 Å². The monoisotopic (exact) mass is 436 g/mol. The highest BCUT2D eigenvalue weighted by molar-refractivity contribution is 5.97. The molecule has 0 spiro atoms. The summed E-state index contributed by atoms with van der Waals surface area (Å²) in [5.74, 6) is -0.844. The molecule has 1 saturated heterocycles. The van der Waals surface area contributed by atoms with E-state index in [4.69, 9.17) is 9.47 Å². The predicted octanol–water partition coefficient (Wildman–Crippen LogP) is 4.71. The maximum absolute atomic E-state index is 14.4. The number of ether oxygens (including phenoxy) is 2. The Morgan fingerprint density at radius 1 is 1.06 bits per heavy atom. The van der Waals surface area contributed by atoms with Crippen LogP contribution in [0.1, 0.15) is 12.8 Å². The van der Waals surface area contributed by atoms with Crippen LogP contribution >= 0.6 is 0 Å². The quantitative estimate of drug-likeness (QED) is 0.474. The molecule has 8 heteroatoms. The van der Waals surface area contributed by atoms with Crippen LogP contribution in [0.2, 0.25) is 0 Å². The molecule has 164 valence electrons. The average Bonchev–Trinajstić information content (AvgIpc) is 3.23. The number of rotatable bonds is 5. The van der Waals surface area contributed by atoms with Crippen molar-refractivity contribution in [1.29, 1.82) is 0 Å². The fourth-order valence-corrected chi connectivity index (χ4v) is 4.03. The number of benzene rings is 2. The van der Waals surface area contributed by atoms with E-state index in [-0.39, 0.29) is 17.7 Å². The van der Waals surface area contributed by atoms with Crippen molar-refractivity contribution in [3.63, 3.8) is 0 Å². The van der Waals surface area contributed by atoms with Crippen LogP contribution in [0.3, 0.4) is 0 Å². The first-order valence-electron chi connectivity index (χ1n) is 10.5. The molecular formula is C24H22F2N4O2. The maximum atomic E-state index is 14.4. The molecule has 3 heterocycles. The van der Waals surface area contributed by atoms with Gasteiger partial charge in [0, 0.05) is 35.3 Å². The van der Waals surface area contributed by atoms with Crippen LogP contribution in [-0.2, 0) is 0 Å².